The Hall–Kier alpha value is -2.65. The lowest BCUT2D eigenvalue weighted by atomic mass is 10.2. The van der Waals surface area contributed by atoms with Crippen molar-refractivity contribution in [3.63, 3.8) is 0 Å². The zero-order valence-corrected chi connectivity index (χ0v) is 10.3. The van der Waals surface area contributed by atoms with Gasteiger partial charge in [-0.05, 0) is 0 Å². The van der Waals surface area contributed by atoms with Crippen LogP contribution in [0.3, 0.4) is 0 Å². The normalized spacial score (nSPS) is 9.95. The molecule has 1 aromatic carbocycles. The first-order valence-corrected chi connectivity index (χ1v) is 5.29. The first-order valence-electron chi connectivity index (χ1n) is 5.29. The molecule has 1 amide bonds. The van der Waals surface area contributed by atoms with E-state index in [1.165, 1.54) is 0 Å². The standard InChI is InChI=1S/C10H11F2N3O5/c1-20-6-4-5(11)7(12)8(9(6)15(18)19)13-2-3-14-10(16)17/h4,13-14H,2-3H2,1H3,(H,16,17). The fourth-order valence-corrected chi connectivity index (χ4v) is 1.45. The van der Waals surface area contributed by atoms with E-state index in [0.29, 0.717) is 6.07 Å². The van der Waals surface area contributed by atoms with Crippen LogP contribution < -0.4 is 15.4 Å². The van der Waals surface area contributed by atoms with Gasteiger partial charge < -0.3 is 20.5 Å². The second kappa shape index (κ2) is 6.50. The van der Waals surface area contributed by atoms with Crippen LogP contribution in [-0.4, -0.2) is 36.3 Å². The molecule has 8 nitrogen and oxygen atoms in total. The molecule has 0 aromatic heterocycles. The van der Waals surface area contributed by atoms with E-state index in [-0.39, 0.29) is 13.1 Å². The number of carboxylic acid groups (broad SMARTS) is 1. The van der Waals surface area contributed by atoms with Crippen molar-refractivity contribution >= 4 is 17.5 Å². The lowest BCUT2D eigenvalue weighted by Gasteiger charge is -2.11. The van der Waals surface area contributed by atoms with E-state index in [9.17, 15) is 23.7 Å². The summed E-state index contributed by atoms with van der Waals surface area (Å²) in [5, 5.41) is 23.5. The van der Waals surface area contributed by atoms with E-state index in [1.54, 1.807) is 0 Å². The Morgan fingerprint density at radius 1 is 1.50 bits per heavy atom. The number of ether oxygens (including phenoxy) is 1. The number of methoxy groups -OCH3 is 1. The smallest absolute Gasteiger partial charge is 0.404 e. The average Bonchev–Trinajstić information content (AvgIpc) is 2.37. The van der Waals surface area contributed by atoms with Gasteiger partial charge in [-0.15, -0.1) is 0 Å². The molecule has 0 spiro atoms. The molecule has 0 bridgehead atoms. The zero-order chi connectivity index (χ0) is 15.3. The molecule has 0 unspecified atom stereocenters. The van der Waals surface area contributed by atoms with Gasteiger partial charge in [0.25, 0.3) is 0 Å². The molecule has 0 atom stereocenters. The number of halogens is 2. The van der Waals surface area contributed by atoms with Crippen molar-refractivity contribution in [2.75, 3.05) is 25.5 Å². The monoisotopic (exact) mass is 291 g/mol. The van der Waals surface area contributed by atoms with Crippen molar-refractivity contribution in [2.24, 2.45) is 0 Å². The third-order valence-electron chi connectivity index (χ3n) is 2.26. The van der Waals surface area contributed by atoms with Crippen LogP contribution in [0, 0.1) is 21.7 Å². The highest BCUT2D eigenvalue weighted by atomic mass is 19.2. The van der Waals surface area contributed by atoms with Gasteiger partial charge in [0.2, 0.25) is 5.75 Å². The Morgan fingerprint density at radius 3 is 2.65 bits per heavy atom. The van der Waals surface area contributed by atoms with E-state index >= 15 is 0 Å². The van der Waals surface area contributed by atoms with Crippen LogP contribution in [0.2, 0.25) is 0 Å². The molecule has 10 heteroatoms. The fraction of sp³-hybridized carbons (Fsp3) is 0.300. The van der Waals surface area contributed by atoms with Crippen molar-refractivity contribution in [1.82, 2.24) is 5.32 Å². The van der Waals surface area contributed by atoms with Gasteiger partial charge in [-0.3, -0.25) is 10.1 Å². The molecule has 0 aliphatic heterocycles. The zero-order valence-electron chi connectivity index (χ0n) is 10.3. The third-order valence-corrected chi connectivity index (χ3v) is 2.26. The maximum absolute atomic E-state index is 13.6. The van der Waals surface area contributed by atoms with E-state index in [2.05, 4.69) is 10.1 Å². The minimum Gasteiger partial charge on any atom is -0.490 e. The van der Waals surface area contributed by atoms with E-state index in [4.69, 9.17) is 5.11 Å². The molecule has 0 aliphatic rings. The number of hydrogen-bond acceptors (Lipinski definition) is 5. The Morgan fingerprint density at radius 2 is 2.15 bits per heavy atom. The second-order valence-electron chi connectivity index (χ2n) is 3.51. The van der Waals surface area contributed by atoms with Gasteiger partial charge in [-0.1, -0.05) is 0 Å². The molecule has 0 heterocycles. The first kappa shape index (κ1) is 15.4. The molecule has 3 N–H and O–H groups in total. The summed E-state index contributed by atoms with van der Waals surface area (Å²) in [6.45, 7) is -0.318. The Kier molecular flexibility index (Phi) is 5.01. The quantitative estimate of drug-likeness (QED) is 0.416. The van der Waals surface area contributed by atoms with Gasteiger partial charge >= 0.3 is 11.8 Å². The van der Waals surface area contributed by atoms with Gasteiger partial charge in [0.05, 0.1) is 12.0 Å². The summed E-state index contributed by atoms with van der Waals surface area (Å²) < 4.78 is 31.5. The number of rotatable bonds is 6. The number of amides is 1. The molecule has 0 fully saturated rings. The van der Waals surface area contributed by atoms with Crippen molar-refractivity contribution < 1.29 is 28.3 Å². The highest BCUT2D eigenvalue weighted by Gasteiger charge is 2.27. The largest absolute Gasteiger partial charge is 0.490 e. The summed E-state index contributed by atoms with van der Waals surface area (Å²) >= 11 is 0. The van der Waals surface area contributed by atoms with Gasteiger partial charge in [-0.25, -0.2) is 13.6 Å². The van der Waals surface area contributed by atoms with Crippen LogP contribution in [0.15, 0.2) is 6.07 Å². The fourth-order valence-electron chi connectivity index (χ4n) is 1.45. The maximum atomic E-state index is 13.6. The van der Waals surface area contributed by atoms with Crippen LogP contribution in [0.4, 0.5) is 25.0 Å². The molecule has 110 valence electrons. The number of carbonyl (C=O) groups is 1. The summed E-state index contributed by atoms with van der Waals surface area (Å²) in [6.07, 6.45) is -1.31. The average molecular weight is 291 g/mol. The highest BCUT2D eigenvalue weighted by Crippen LogP contribution is 2.38. The summed E-state index contributed by atoms with van der Waals surface area (Å²) in [5.74, 6) is -3.20. The molecule has 0 saturated heterocycles. The molecule has 1 aromatic rings. The van der Waals surface area contributed by atoms with E-state index in [0.717, 1.165) is 7.11 Å². The van der Waals surface area contributed by atoms with E-state index in [1.807, 2.05) is 5.32 Å². The topological polar surface area (TPSA) is 114 Å². The molecule has 20 heavy (non-hydrogen) atoms. The number of nitro groups is 1. The Balaban J connectivity index is 3.05. The van der Waals surface area contributed by atoms with Crippen molar-refractivity contribution in [1.29, 1.82) is 0 Å². The maximum Gasteiger partial charge on any atom is 0.404 e. The van der Waals surface area contributed by atoms with Crippen LogP contribution in [0.5, 0.6) is 5.75 Å². The van der Waals surface area contributed by atoms with Crippen molar-refractivity contribution in [2.45, 2.75) is 0 Å². The Labute approximate surface area is 111 Å². The summed E-state index contributed by atoms with van der Waals surface area (Å²) in [7, 11) is 1.08. The summed E-state index contributed by atoms with van der Waals surface area (Å²) in [4.78, 5) is 20.2. The number of nitrogens with zero attached hydrogens (tertiary/aromatic N) is 1. The predicted octanol–water partition coefficient (Wildman–Crippen LogP) is 1.56. The SMILES string of the molecule is COc1cc(F)c(F)c(NCCNC(=O)O)c1[N+](=O)[O-]. The summed E-state index contributed by atoms with van der Waals surface area (Å²) in [5.41, 5.74) is -1.46. The molecule has 1 rings (SSSR count). The van der Waals surface area contributed by atoms with Gasteiger partial charge in [0.15, 0.2) is 17.3 Å². The van der Waals surface area contributed by atoms with Crippen LogP contribution in [0.25, 0.3) is 0 Å². The predicted molar refractivity (Wildman–Crippen MR) is 64.1 cm³/mol. The molecular weight excluding hydrogens is 280 g/mol. The minimum absolute atomic E-state index is 0.148. The van der Waals surface area contributed by atoms with Crippen LogP contribution in [-0.2, 0) is 0 Å². The number of nitro benzene ring substituents is 1. The highest BCUT2D eigenvalue weighted by molar-refractivity contribution is 5.69. The van der Waals surface area contributed by atoms with Crippen LogP contribution in [0.1, 0.15) is 0 Å². The second-order valence-corrected chi connectivity index (χ2v) is 3.51. The molecule has 0 radical (unpaired) electrons. The Bertz CT molecular complexity index is 538. The van der Waals surface area contributed by atoms with Gasteiger partial charge in [0, 0.05) is 19.2 Å². The number of hydrogen-bond donors (Lipinski definition) is 3. The third kappa shape index (κ3) is 3.43. The first-order chi connectivity index (χ1) is 9.38. The van der Waals surface area contributed by atoms with Gasteiger partial charge in [0.1, 0.15) is 0 Å². The summed E-state index contributed by atoms with van der Waals surface area (Å²) in [6, 6.07) is 0.564. The lowest BCUT2D eigenvalue weighted by molar-refractivity contribution is -0.385. The molecule has 0 saturated carbocycles. The molecular formula is C10H11F2N3O5. The minimum atomic E-state index is -1.44. The molecule has 0 aliphatic carbocycles. The van der Waals surface area contributed by atoms with Crippen molar-refractivity contribution in [3.05, 3.63) is 27.8 Å². The number of nitrogens with one attached hydrogen (secondary N) is 2. The lowest BCUT2D eigenvalue weighted by Crippen LogP contribution is -2.27. The van der Waals surface area contributed by atoms with Gasteiger partial charge in [-0.2, -0.15) is 0 Å². The number of anilines is 1. The van der Waals surface area contributed by atoms with Crippen molar-refractivity contribution in [3.8, 4) is 5.75 Å². The van der Waals surface area contributed by atoms with Crippen LogP contribution >= 0.6 is 0 Å². The number of benzene rings is 1. The van der Waals surface area contributed by atoms with E-state index < -0.39 is 39.8 Å².